The van der Waals surface area contributed by atoms with Crippen molar-refractivity contribution in [2.75, 3.05) is 20.2 Å². The maximum atomic E-state index is 11.6. The van der Waals surface area contributed by atoms with Gasteiger partial charge in [-0.15, -0.1) is 0 Å². The van der Waals surface area contributed by atoms with E-state index in [0.717, 1.165) is 29.7 Å². The molecule has 0 unspecified atom stereocenters. The molecule has 0 saturated heterocycles. The standard InChI is InChI=1S/C15H24N2O2/c1-11-10-14(19-3)12(2)9-13(11)5-6-15(18)17-8-4-7-16/h9-10H,4-8,16H2,1-3H3,(H,17,18). The summed E-state index contributed by atoms with van der Waals surface area (Å²) < 4.78 is 5.28. The molecule has 1 amide bonds. The molecule has 0 spiro atoms. The predicted octanol–water partition coefficient (Wildman–Crippen LogP) is 1.71. The molecule has 0 aromatic heterocycles. The molecule has 0 aliphatic rings. The highest BCUT2D eigenvalue weighted by molar-refractivity contribution is 5.76. The van der Waals surface area contributed by atoms with Gasteiger partial charge >= 0.3 is 0 Å². The summed E-state index contributed by atoms with van der Waals surface area (Å²) in [5.41, 5.74) is 8.85. The molecule has 0 aliphatic carbocycles. The maximum Gasteiger partial charge on any atom is 0.220 e. The lowest BCUT2D eigenvalue weighted by molar-refractivity contribution is -0.121. The zero-order chi connectivity index (χ0) is 14.3. The second kappa shape index (κ2) is 7.79. The third kappa shape index (κ3) is 4.91. The minimum Gasteiger partial charge on any atom is -0.496 e. The Labute approximate surface area is 115 Å². The number of ether oxygens (including phenoxy) is 1. The number of carbonyl (C=O) groups is 1. The van der Waals surface area contributed by atoms with E-state index in [-0.39, 0.29) is 5.91 Å². The molecule has 106 valence electrons. The van der Waals surface area contributed by atoms with Gasteiger partial charge in [-0.05, 0) is 56.0 Å². The smallest absolute Gasteiger partial charge is 0.220 e. The molecule has 0 radical (unpaired) electrons. The van der Waals surface area contributed by atoms with Crippen LogP contribution < -0.4 is 15.8 Å². The van der Waals surface area contributed by atoms with Crippen LogP contribution >= 0.6 is 0 Å². The Morgan fingerprint density at radius 1 is 1.32 bits per heavy atom. The fourth-order valence-electron chi connectivity index (χ4n) is 2.01. The van der Waals surface area contributed by atoms with Crippen molar-refractivity contribution in [3.63, 3.8) is 0 Å². The number of benzene rings is 1. The molecule has 4 nitrogen and oxygen atoms in total. The van der Waals surface area contributed by atoms with Crippen molar-refractivity contribution in [2.45, 2.75) is 33.1 Å². The van der Waals surface area contributed by atoms with Crippen LogP contribution in [0.2, 0.25) is 0 Å². The second-order valence-electron chi connectivity index (χ2n) is 4.74. The van der Waals surface area contributed by atoms with E-state index in [1.807, 2.05) is 19.9 Å². The molecular formula is C15H24N2O2. The highest BCUT2D eigenvalue weighted by atomic mass is 16.5. The van der Waals surface area contributed by atoms with Crippen molar-refractivity contribution < 1.29 is 9.53 Å². The Morgan fingerprint density at radius 3 is 2.68 bits per heavy atom. The van der Waals surface area contributed by atoms with E-state index in [1.54, 1.807) is 7.11 Å². The summed E-state index contributed by atoms with van der Waals surface area (Å²) in [6, 6.07) is 4.12. The van der Waals surface area contributed by atoms with E-state index < -0.39 is 0 Å². The number of aryl methyl sites for hydroxylation is 3. The van der Waals surface area contributed by atoms with Gasteiger partial charge in [-0.1, -0.05) is 6.07 Å². The number of carbonyl (C=O) groups excluding carboxylic acids is 1. The Hall–Kier alpha value is -1.55. The molecule has 0 saturated carbocycles. The number of hydrogen-bond acceptors (Lipinski definition) is 3. The summed E-state index contributed by atoms with van der Waals surface area (Å²) in [5, 5.41) is 2.87. The molecule has 0 bridgehead atoms. The van der Waals surface area contributed by atoms with E-state index in [2.05, 4.69) is 11.4 Å². The normalized spacial score (nSPS) is 10.3. The second-order valence-corrected chi connectivity index (χ2v) is 4.74. The lowest BCUT2D eigenvalue weighted by atomic mass is 10.0. The topological polar surface area (TPSA) is 64.3 Å². The monoisotopic (exact) mass is 264 g/mol. The average molecular weight is 264 g/mol. The Bertz CT molecular complexity index is 430. The van der Waals surface area contributed by atoms with Crippen LogP contribution in [-0.2, 0) is 11.2 Å². The van der Waals surface area contributed by atoms with Gasteiger partial charge < -0.3 is 15.8 Å². The van der Waals surface area contributed by atoms with Crippen molar-refractivity contribution in [2.24, 2.45) is 5.73 Å². The predicted molar refractivity (Wildman–Crippen MR) is 77.5 cm³/mol. The number of hydrogen-bond donors (Lipinski definition) is 2. The van der Waals surface area contributed by atoms with Gasteiger partial charge in [-0.2, -0.15) is 0 Å². The number of methoxy groups -OCH3 is 1. The number of amides is 1. The first-order chi connectivity index (χ1) is 9.08. The van der Waals surface area contributed by atoms with Gasteiger partial charge in [0.15, 0.2) is 0 Å². The fourth-order valence-corrected chi connectivity index (χ4v) is 2.01. The quantitative estimate of drug-likeness (QED) is 0.737. The van der Waals surface area contributed by atoms with Gasteiger partial charge in [0.25, 0.3) is 0 Å². The molecule has 0 fully saturated rings. The molecule has 1 rings (SSSR count). The number of rotatable bonds is 7. The van der Waals surface area contributed by atoms with Crippen LogP contribution in [0.4, 0.5) is 0 Å². The van der Waals surface area contributed by atoms with Crippen LogP contribution in [0.25, 0.3) is 0 Å². The first-order valence-corrected chi connectivity index (χ1v) is 6.69. The maximum absolute atomic E-state index is 11.6. The molecule has 19 heavy (non-hydrogen) atoms. The molecule has 0 heterocycles. The summed E-state index contributed by atoms with van der Waals surface area (Å²) in [4.78, 5) is 11.6. The van der Waals surface area contributed by atoms with Crippen LogP contribution in [-0.4, -0.2) is 26.1 Å². The molecule has 0 atom stereocenters. The molecule has 1 aromatic carbocycles. The van der Waals surface area contributed by atoms with Gasteiger partial charge in [-0.3, -0.25) is 4.79 Å². The van der Waals surface area contributed by atoms with E-state index in [4.69, 9.17) is 10.5 Å². The van der Waals surface area contributed by atoms with Gasteiger partial charge in [-0.25, -0.2) is 0 Å². The van der Waals surface area contributed by atoms with Crippen molar-refractivity contribution in [3.8, 4) is 5.75 Å². The van der Waals surface area contributed by atoms with E-state index >= 15 is 0 Å². The third-order valence-electron chi connectivity index (χ3n) is 3.18. The highest BCUT2D eigenvalue weighted by Gasteiger charge is 2.07. The number of nitrogens with one attached hydrogen (secondary N) is 1. The number of nitrogens with two attached hydrogens (primary N) is 1. The Balaban J connectivity index is 2.53. The van der Waals surface area contributed by atoms with Crippen molar-refractivity contribution in [1.29, 1.82) is 0 Å². The lowest BCUT2D eigenvalue weighted by Crippen LogP contribution is -2.26. The first kappa shape index (κ1) is 15.5. The van der Waals surface area contributed by atoms with Crippen LogP contribution in [0.15, 0.2) is 12.1 Å². The molecular weight excluding hydrogens is 240 g/mol. The van der Waals surface area contributed by atoms with E-state index in [1.165, 1.54) is 5.56 Å². The van der Waals surface area contributed by atoms with Crippen molar-refractivity contribution in [1.82, 2.24) is 5.32 Å². The summed E-state index contributed by atoms with van der Waals surface area (Å²) >= 11 is 0. The average Bonchev–Trinajstić information content (AvgIpc) is 2.39. The van der Waals surface area contributed by atoms with Gasteiger partial charge in [0.2, 0.25) is 5.91 Å². The minimum atomic E-state index is 0.0846. The Morgan fingerprint density at radius 2 is 2.05 bits per heavy atom. The van der Waals surface area contributed by atoms with Crippen LogP contribution in [0.5, 0.6) is 5.75 Å². The van der Waals surface area contributed by atoms with Crippen molar-refractivity contribution >= 4 is 5.91 Å². The molecule has 4 heteroatoms. The zero-order valence-corrected chi connectivity index (χ0v) is 12.1. The van der Waals surface area contributed by atoms with Crippen LogP contribution in [0.3, 0.4) is 0 Å². The molecule has 1 aromatic rings. The minimum absolute atomic E-state index is 0.0846. The summed E-state index contributed by atoms with van der Waals surface area (Å²) in [7, 11) is 1.67. The summed E-state index contributed by atoms with van der Waals surface area (Å²) in [5.74, 6) is 0.981. The van der Waals surface area contributed by atoms with E-state index in [9.17, 15) is 4.79 Å². The van der Waals surface area contributed by atoms with Crippen molar-refractivity contribution in [3.05, 3.63) is 28.8 Å². The zero-order valence-electron chi connectivity index (χ0n) is 12.1. The largest absolute Gasteiger partial charge is 0.496 e. The first-order valence-electron chi connectivity index (χ1n) is 6.69. The highest BCUT2D eigenvalue weighted by Crippen LogP contribution is 2.23. The third-order valence-corrected chi connectivity index (χ3v) is 3.18. The van der Waals surface area contributed by atoms with Gasteiger partial charge in [0.05, 0.1) is 7.11 Å². The Kier molecular flexibility index (Phi) is 6.36. The summed E-state index contributed by atoms with van der Waals surface area (Å²) in [6.45, 7) is 5.33. The molecule has 0 aliphatic heterocycles. The fraction of sp³-hybridized carbons (Fsp3) is 0.533. The summed E-state index contributed by atoms with van der Waals surface area (Å²) in [6.07, 6.45) is 2.09. The molecule has 3 N–H and O–H groups in total. The lowest BCUT2D eigenvalue weighted by Gasteiger charge is -2.11. The van der Waals surface area contributed by atoms with Gasteiger partial charge in [0.1, 0.15) is 5.75 Å². The van der Waals surface area contributed by atoms with Crippen LogP contribution in [0, 0.1) is 13.8 Å². The van der Waals surface area contributed by atoms with Crippen LogP contribution in [0.1, 0.15) is 29.5 Å². The SMILES string of the molecule is COc1cc(C)c(CCC(=O)NCCCN)cc1C. The van der Waals surface area contributed by atoms with E-state index in [0.29, 0.717) is 19.5 Å². The van der Waals surface area contributed by atoms with Gasteiger partial charge in [0, 0.05) is 13.0 Å².